The van der Waals surface area contributed by atoms with Crippen LogP contribution in [0.25, 0.3) is 0 Å². The van der Waals surface area contributed by atoms with Gasteiger partial charge in [-0.25, -0.2) is 0 Å². The van der Waals surface area contributed by atoms with Crippen LogP contribution in [0.1, 0.15) is 40.5 Å². The van der Waals surface area contributed by atoms with E-state index in [1.54, 1.807) is 26.0 Å². The van der Waals surface area contributed by atoms with Gasteiger partial charge in [0.25, 0.3) is 0 Å². The van der Waals surface area contributed by atoms with Crippen molar-refractivity contribution in [1.29, 1.82) is 0 Å². The van der Waals surface area contributed by atoms with Gasteiger partial charge in [-0.1, -0.05) is 13.8 Å². The first-order chi connectivity index (χ1) is 10.5. The molecule has 1 aromatic rings. The summed E-state index contributed by atoms with van der Waals surface area (Å²) in [6.07, 6.45) is 0.730. The van der Waals surface area contributed by atoms with Gasteiger partial charge in [-0.3, -0.25) is 9.59 Å². The van der Waals surface area contributed by atoms with Crippen LogP contribution >= 0.6 is 0 Å². The summed E-state index contributed by atoms with van der Waals surface area (Å²) in [5.74, 6) is 0.765. The Hall–Kier alpha value is -2.24. The fourth-order valence-corrected chi connectivity index (χ4v) is 1.78. The fraction of sp³-hybridized carbons (Fsp3) is 0.500. The minimum Gasteiger partial charge on any atom is -0.492 e. The van der Waals surface area contributed by atoms with Crippen LogP contribution in [-0.2, 0) is 9.59 Å². The smallest absolute Gasteiger partial charge is 0.224 e. The lowest BCUT2D eigenvalue weighted by molar-refractivity contribution is -0.116. The van der Waals surface area contributed by atoms with Crippen molar-refractivity contribution in [3.63, 3.8) is 0 Å². The minimum atomic E-state index is -0.117. The molecule has 0 aliphatic carbocycles. The molecule has 0 fully saturated rings. The second kappa shape index (κ2) is 8.92. The van der Waals surface area contributed by atoms with E-state index in [1.165, 1.54) is 0 Å². The monoisotopic (exact) mass is 308 g/mol. The summed E-state index contributed by atoms with van der Waals surface area (Å²) >= 11 is 0. The molecule has 1 aromatic carbocycles. The molecule has 0 aromatic heterocycles. The van der Waals surface area contributed by atoms with Gasteiger partial charge in [-0.15, -0.1) is 0 Å². The first-order valence-corrected chi connectivity index (χ1v) is 7.58. The molecule has 22 heavy (non-hydrogen) atoms. The number of benzene rings is 1. The molecule has 0 spiro atoms. The zero-order chi connectivity index (χ0) is 16.5. The molecule has 0 bridgehead atoms. The maximum absolute atomic E-state index is 11.6. The number of anilines is 2. The summed E-state index contributed by atoms with van der Waals surface area (Å²) in [6, 6.07) is 3.35. The number of hydrogen-bond donors (Lipinski definition) is 2. The molecule has 2 N–H and O–H groups in total. The second-order valence-corrected chi connectivity index (χ2v) is 4.51. The Morgan fingerprint density at radius 1 is 0.818 bits per heavy atom. The molecule has 1 rings (SSSR count). The highest BCUT2D eigenvalue weighted by Gasteiger charge is 2.15. The molecule has 0 atom stereocenters. The highest BCUT2D eigenvalue weighted by molar-refractivity contribution is 5.96. The van der Waals surface area contributed by atoms with Crippen molar-refractivity contribution in [2.45, 2.75) is 40.5 Å². The summed E-state index contributed by atoms with van der Waals surface area (Å²) in [6.45, 7) is 8.15. The van der Waals surface area contributed by atoms with Crippen LogP contribution in [0.15, 0.2) is 12.1 Å². The first kappa shape index (κ1) is 17.8. The number of ether oxygens (including phenoxy) is 2. The van der Waals surface area contributed by atoms with Crippen molar-refractivity contribution >= 4 is 23.2 Å². The van der Waals surface area contributed by atoms with Gasteiger partial charge in [0.15, 0.2) is 0 Å². The van der Waals surface area contributed by atoms with Crippen molar-refractivity contribution < 1.29 is 19.1 Å². The zero-order valence-corrected chi connectivity index (χ0v) is 13.6. The molecule has 0 aliphatic heterocycles. The van der Waals surface area contributed by atoms with Crippen LogP contribution in [-0.4, -0.2) is 25.0 Å². The van der Waals surface area contributed by atoms with Crippen LogP contribution in [0.3, 0.4) is 0 Å². The predicted molar refractivity (Wildman–Crippen MR) is 86.6 cm³/mol. The number of rotatable bonds is 8. The number of carbonyl (C=O) groups excluding carboxylic acids is 2. The second-order valence-electron chi connectivity index (χ2n) is 4.51. The predicted octanol–water partition coefficient (Wildman–Crippen LogP) is 3.18. The summed E-state index contributed by atoms with van der Waals surface area (Å²) in [4.78, 5) is 23.3. The molecule has 6 heteroatoms. The van der Waals surface area contributed by atoms with E-state index >= 15 is 0 Å². The van der Waals surface area contributed by atoms with Crippen molar-refractivity contribution in [3.05, 3.63) is 12.1 Å². The van der Waals surface area contributed by atoms with Gasteiger partial charge in [-0.2, -0.15) is 0 Å². The van der Waals surface area contributed by atoms with Gasteiger partial charge < -0.3 is 20.1 Å². The molecule has 0 aliphatic rings. The summed E-state index contributed by atoms with van der Waals surface area (Å²) < 4.78 is 11.1. The van der Waals surface area contributed by atoms with Crippen LogP contribution < -0.4 is 20.1 Å². The Bertz CT molecular complexity index is 481. The molecule has 0 heterocycles. The van der Waals surface area contributed by atoms with Crippen LogP contribution in [0.5, 0.6) is 11.5 Å². The molecule has 122 valence electrons. The molecule has 0 unspecified atom stereocenters. The third-order valence-electron chi connectivity index (χ3n) is 2.87. The lowest BCUT2D eigenvalue weighted by Crippen LogP contribution is -2.14. The topological polar surface area (TPSA) is 76.7 Å². The number of amides is 2. The zero-order valence-electron chi connectivity index (χ0n) is 13.6. The SMILES string of the molecule is CCOc1cc(NC(=O)CC)c(OCC)cc1NC(=O)CC. The number of nitrogens with one attached hydrogen (secondary N) is 2. The lowest BCUT2D eigenvalue weighted by atomic mass is 10.2. The van der Waals surface area contributed by atoms with Crippen molar-refractivity contribution in [2.75, 3.05) is 23.8 Å². The van der Waals surface area contributed by atoms with Gasteiger partial charge in [0.1, 0.15) is 11.5 Å². The maximum Gasteiger partial charge on any atom is 0.224 e. The van der Waals surface area contributed by atoms with E-state index in [4.69, 9.17) is 9.47 Å². The molecule has 2 amide bonds. The number of hydrogen-bond acceptors (Lipinski definition) is 4. The summed E-state index contributed by atoms with van der Waals surface area (Å²) in [5, 5.41) is 5.56. The third kappa shape index (κ3) is 4.95. The summed E-state index contributed by atoms with van der Waals surface area (Å²) in [5.41, 5.74) is 1.07. The molecule has 0 saturated heterocycles. The van der Waals surface area contributed by atoms with E-state index in [0.29, 0.717) is 48.9 Å². The molecule has 0 radical (unpaired) electrons. The van der Waals surface area contributed by atoms with E-state index in [2.05, 4.69) is 10.6 Å². The minimum absolute atomic E-state index is 0.117. The van der Waals surface area contributed by atoms with E-state index in [1.807, 2.05) is 13.8 Å². The largest absolute Gasteiger partial charge is 0.492 e. The maximum atomic E-state index is 11.6. The van der Waals surface area contributed by atoms with Crippen molar-refractivity contribution in [1.82, 2.24) is 0 Å². The van der Waals surface area contributed by atoms with Gasteiger partial charge in [0.2, 0.25) is 11.8 Å². The molecular weight excluding hydrogens is 284 g/mol. The molecule has 6 nitrogen and oxygen atoms in total. The summed E-state index contributed by atoms with van der Waals surface area (Å²) in [7, 11) is 0. The quantitative estimate of drug-likeness (QED) is 0.773. The van der Waals surface area contributed by atoms with Gasteiger partial charge in [-0.05, 0) is 13.8 Å². The molecule has 0 saturated carbocycles. The van der Waals surface area contributed by atoms with Gasteiger partial charge >= 0.3 is 0 Å². The van der Waals surface area contributed by atoms with Crippen molar-refractivity contribution in [3.8, 4) is 11.5 Å². The van der Waals surface area contributed by atoms with Gasteiger partial charge in [0.05, 0.1) is 24.6 Å². The van der Waals surface area contributed by atoms with E-state index in [0.717, 1.165) is 0 Å². The standard InChI is InChI=1S/C16H24N2O4/c1-5-15(19)17-11-9-14(22-8-4)12(18-16(20)6-2)10-13(11)21-7-3/h9-10H,5-8H2,1-4H3,(H,17,19)(H,18,20). The van der Waals surface area contributed by atoms with Crippen molar-refractivity contribution in [2.24, 2.45) is 0 Å². The average Bonchev–Trinajstić information content (AvgIpc) is 2.51. The van der Waals surface area contributed by atoms with Gasteiger partial charge in [0, 0.05) is 25.0 Å². The Labute approximate surface area is 131 Å². The van der Waals surface area contributed by atoms with Crippen LogP contribution in [0.4, 0.5) is 11.4 Å². The first-order valence-electron chi connectivity index (χ1n) is 7.58. The van der Waals surface area contributed by atoms with Crippen LogP contribution in [0, 0.1) is 0 Å². The number of carbonyl (C=O) groups is 2. The van der Waals surface area contributed by atoms with E-state index in [9.17, 15) is 9.59 Å². The lowest BCUT2D eigenvalue weighted by Gasteiger charge is -2.17. The average molecular weight is 308 g/mol. The normalized spacial score (nSPS) is 10.0. The highest BCUT2D eigenvalue weighted by Crippen LogP contribution is 2.37. The Kier molecular flexibility index (Phi) is 7.22. The van der Waals surface area contributed by atoms with E-state index in [-0.39, 0.29) is 11.8 Å². The Morgan fingerprint density at radius 2 is 1.18 bits per heavy atom. The third-order valence-corrected chi connectivity index (χ3v) is 2.87. The highest BCUT2D eigenvalue weighted by atomic mass is 16.5. The molecular formula is C16H24N2O4. The van der Waals surface area contributed by atoms with E-state index < -0.39 is 0 Å². The van der Waals surface area contributed by atoms with Crippen LogP contribution in [0.2, 0.25) is 0 Å². The fourth-order valence-electron chi connectivity index (χ4n) is 1.78. The Balaban J connectivity index is 3.23. The Morgan fingerprint density at radius 3 is 1.45 bits per heavy atom.